The lowest BCUT2D eigenvalue weighted by atomic mass is 10.1. The van der Waals surface area contributed by atoms with Gasteiger partial charge in [-0.15, -0.1) is 24.8 Å². The summed E-state index contributed by atoms with van der Waals surface area (Å²) >= 11 is 0. The molecule has 1 heterocycles. The Hall–Kier alpha value is -1.60. The summed E-state index contributed by atoms with van der Waals surface area (Å²) in [6.45, 7) is 4.68. The fourth-order valence-electron chi connectivity index (χ4n) is 2.33. The first-order valence-electron chi connectivity index (χ1n) is 7.63. The summed E-state index contributed by atoms with van der Waals surface area (Å²) in [5.41, 5.74) is 0.957. The Morgan fingerprint density at radius 3 is 2.64 bits per heavy atom. The third-order valence-electron chi connectivity index (χ3n) is 3.54. The third-order valence-corrected chi connectivity index (χ3v) is 3.54. The molecule has 1 fully saturated rings. The van der Waals surface area contributed by atoms with Crippen LogP contribution in [0, 0.1) is 0 Å². The molecule has 1 aliphatic heterocycles. The molecule has 0 unspecified atom stereocenters. The Labute approximate surface area is 160 Å². The third kappa shape index (κ3) is 8.36. The molecule has 0 aliphatic carbocycles. The van der Waals surface area contributed by atoms with Crippen LogP contribution in [0.25, 0.3) is 0 Å². The second-order valence-corrected chi connectivity index (χ2v) is 5.34. The molecular formula is C17H24Cl2N2O4. The predicted molar refractivity (Wildman–Crippen MR) is 100 cm³/mol. The predicted octanol–water partition coefficient (Wildman–Crippen LogP) is 1.62. The number of carbonyl (C=O) groups is 2. The van der Waals surface area contributed by atoms with E-state index in [1.165, 1.54) is 6.08 Å². The van der Waals surface area contributed by atoms with E-state index in [-0.39, 0.29) is 68.6 Å². The molecule has 1 saturated heterocycles. The lowest BCUT2D eigenvalue weighted by Gasteiger charge is -2.12. The van der Waals surface area contributed by atoms with Crippen molar-refractivity contribution in [2.45, 2.75) is 25.1 Å². The minimum Gasteiger partial charge on any atom is -0.461 e. The zero-order valence-corrected chi connectivity index (χ0v) is 15.4. The highest BCUT2D eigenvalue weighted by molar-refractivity contribution is 5.85. The van der Waals surface area contributed by atoms with Crippen LogP contribution in [0.3, 0.4) is 0 Å². The molecule has 2 rings (SSSR count). The number of esters is 2. The van der Waals surface area contributed by atoms with Crippen molar-refractivity contribution in [3.63, 3.8) is 0 Å². The van der Waals surface area contributed by atoms with Crippen LogP contribution in [-0.4, -0.2) is 43.7 Å². The zero-order chi connectivity index (χ0) is 16.5. The maximum atomic E-state index is 12.0. The standard InChI is InChI=1S/C17H22N2O4.2ClH/c1-2-8-22-16(20)11-18-14-9-15(19-10-14)17(21)23-12-13-6-4-3-5-7-13;;/h2-7,14-15,18-19H,1,8-12H2;2*1H/t14-,15+;;/m0../s1. The molecule has 1 aliphatic rings. The lowest BCUT2D eigenvalue weighted by Crippen LogP contribution is -2.35. The maximum absolute atomic E-state index is 12.0. The van der Waals surface area contributed by atoms with Gasteiger partial charge in [0.1, 0.15) is 19.3 Å². The van der Waals surface area contributed by atoms with Gasteiger partial charge >= 0.3 is 11.9 Å². The summed E-state index contributed by atoms with van der Waals surface area (Å²) in [5, 5.41) is 6.17. The molecule has 6 nitrogen and oxygen atoms in total. The van der Waals surface area contributed by atoms with E-state index in [1.54, 1.807) is 0 Å². The molecule has 8 heteroatoms. The van der Waals surface area contributed by atoms with Crippen LogP contribution in [0.5, 0.6) is 0 Å². The molecule has 0 radical (unpaired) electrons. The second kappa shape index (κ2) is 12.7. The molecule has 0 saturated carbocycles. The molecule has 0 amide bonds. The van der Waals surface area contributed by atoms with Gasteiger partial charge in [0, 0.05) is 12.6 Å². The number of ether oxygens (including phenoxy) is 2. The van der Waals surface area contributed by atoms with Crippen LogP contribution in [0.15, 0.2) is 43.0 Å². The summed E-state index contributed by atoms with van der Waals surface area (Å²) in [6, 6.07) is 9.25. The summed E-state index contributed by atoms with van der Waals surface area (Å²) in [6.07, 6.45) is 2.11. The van der Waals surface area contributed by atoms with Gasteiger partial charge in [-0.25, -0.2) is 0 Å². The van der Waals surface area contributed by atoms with Gasteiger partial charge in [-0.05, 0) is 12.0 Å². The van der Waals surface area contributed by atoms with Gasteiger partial charge in [0.25, 0.3) is 0 Å². The van der Waals surface area contributed by atoms with Crippen molar-refractivity contribution in [1.29, 1.82) is 0 Å². The normalized spacial score (nSPS) is 18.4. The van der Waals surface area contributed by atoms with E-state index in [4.69, 9.17) is 9.47 Å². The first kappa shape index (κ1) is 23.4. The van der Waals surface area contributed by atoms with Gasteiger partial charge in [0.05, 0.1) is 6.54 Å². The van der Waals surface area contributed by atoms with Crippen molar-refractivity contribution in [2.75, 3.05) is 19.7 Å². The molecule has 140 valence electrons. The van der Waals surface area contributed by atoms with E-state index in [1.807, 2.05) is 30.3 Å². The first-order chi connectivity index (χ1) is 11.2. The number of carbonyl (C=O) groups excluding carboxylic acids is 2. The molecule has 25 heavy (non-hydrogen) atoms. The second-order valence-electron chi connectivity index (χ2n) is 5.34. The highest BCUT2D eigenvalue weighted by Gasteiger charge is 2.30. The number of hydrogen-bond donors (Lipinski definition) is 2. The van der Waals surface area contributed by atoms with E-state index in [0.29, 0.717) is 13.0 Å². The highest BCUT2D eigenvalue weighted by atomic mass is 35.5. The fraction of sp³-hybridized carbons (Fsp3) is 0.412. The van der Waals surface area contributed by atoms with Crippen molar-refractivity contribution >= 4 is 36.8 Å². The zero-order valence-electron chi connectivity index (χ0n) is 13.8. The van der Waals surface area contributed by atoms with Crippen molar-refractivity contribution in [2.24, 2.45) is 0 Å². The fourth-order valence-corrected chi connectivity index (χ4v) is 2.33. The molecule has 0 spiro atoms. The topological polar surface area (TPSA) is 76.7 Å². The van der Waals surface area contributed by atoms with Crippen molar-refractivity contribution in [3.8, 4) is 0 Å². The van der Waals surface area contributed by atoms with Gasteiger partial charge in [0.2, 0.25) is 0 Å². The monoisotopic (exact) mass is 390 g/mol. The minimum absolute atomic E-state index is 0. The lowest BCUT2D eigenvalue weighted by molar-refractivity contribution is -0.147. The summed E-state index contributed by atoms with van der Waals surface area (Å²) in [7, 11) is 0. The van der Waals surface area contributed by atoms with Crippen molar-refractivity contribution in [3.05, 3.63) is 48.6 Å². The molecule has 2 N–H and O–H groups in total. The van der Waals surface area contributed by atoms with Crippen LogP contribution < -0.4 is 10.6 Å². The van der Waals surface area contributed by atoms with Crippen LogP contribution in [0.4, 0.5) is 0 Å². The van der Waals surface area contributed by atoms with Crippen molar-refractivity contribution in [1.82, 2.24) is 10.6 Å². The number of nitrogens with one attached hydrogen (secondary N) is 2. The van der Waals surface area contributed by atoms with E-state index in [0.717, 1.165) is 5.56 Å². The van der Waals surface area contributed by atoms with E-state index in [2.05, 4.69) is 17.2 Å². The summed E-state index contributed by atoms with van der Waals surface area (Å²) in [4.78, 5) is 23.4. The number of rotatable bonds is 8. The summed E-state index contributed by atoms with van der Waals surface area (Å²) < 4.78 is 10.2. The van der Waals surface area contributed by atoms with Gasteiger partial charge in [-0.2, -0.15) is 0 Å². The van der Waals surface area contributed by atoms with Gasteiger partial charge in [-0.3, -0.25) is 9.59 Å². The smallest absolute Gasteiger partial charge is 0.323 e. The van der Waals surface area contributed by atoms with Crippen LogP contribution in [0.1, 0.15) is 12.0 Å². The Morgan fingerprint density at radius 1 is 1.24 bits per heavy atom. The molecule has 0 bridgehead atoms. The van der Waals surface area contributed by atoms with Crippen molar-refractivity contribution < 1.29 is 19.1 Å². The first-order valence-corrected chi connectivity index (χ1v) is 7.63. The van der Waals surface area contributed by atoms with E-state index >= 15 is 0 Å². The highest BCUT2D eigenvalue weighted by Crippen LogP contribution is 2.10. The van der Waals surface area contributed by atoms with Gasteiger partial charge in [0.15, 0.2) is 0 Å². The molecule has 1 aromatic rings. The van der Waals surface area contributed by atoms with E-state index in [9.17, 15) is 9.59 Å². The average Bonchev–Trinajstić information content (AvgIpc) is 3.06. The van der Waals surface area contributed by atoms with Gasteiger partial charge in [-0.1, -0.05) is 43.0 Å². The number of halogens is 2. The van der Waals surface area contributed by atoms with Gasteiger partial charge < -0.3 is 20.1 Å². The molecule has 2 atom stereocenters. The Morgan fingerprint density at radius 2 is 1.96 bits per heavy atom. The Bertz CT molecular complexity index is 543. The van der Waals surface area contributed by atoms with Crippen LogP contribution in [0.2, 0.25) is 0 Å². The Kier molecular flexibility index (Phi) is 11.9. The molecule has 0 aromatic heterocycles. The van der Waals surface area contributed by atoms with Crippen LogP contribution >= 0.6 is 24.8 Å². The van der Waals surface area contributed by atoms with Crippen LogP contribution in [-0.2, 0) is 25.7 Å². The quantitative estimate of drug-likeness (QED) is 0.518. The Balaban J connectivity index is 0.00000288. The number of hydrogen-bond acceptors (Lipinski definition) is 6. The molecule has 1 aromatic carbocycles. The number of benzene rings is 1. The largest absolute Gasteiger partial charge is 0.461 e. The average molecular weight is 391 g/mol. The van der Waals surface area contributed by atoms with E-state index < -0.39 is 0 Å². The maximum Gasteiger partial charge on any atom is 0.323 e. The SMILES string of the molecule is C=CCOC(=O)CN[C@@H]1CN[C@@H](C(=O)OCc2ccccc2)C1.Cl.Cl. The molecular weight excluding hydrogens is 367 g/mol. The minimum atomic E-state index is -0.347. The summed E-state index contributed by atoms with van der Waals surface area (Å²) in [5.74, 6) is -0.604.